The molecule has 0 radical (unpaired) electrons. The minimum absolute atomic E-state index is 0.0394. The number of benzene rings is 1. The molecular formula is C16H23NO3S2. The predicted octanol–water partition coefficient (Wildman–Crippen LogP) is 2.35. The number of hydrogen-bond donors (Lipinski definition) is 1. The molecule has 1 N–H and O–H groups in total. The van der Waals surface area contributed by atoms with Crippen molar-refractivity contribution < 1.29 is 13.2 Å². The number of carbonyl (C=O) groups excluding carboxylic acids is 1. The minimum Gasteiger partial charge on any atom is -0.346 e. The molecule has 0 bridgehead atoms. The number of rotatable bonds is 6. The van der Waals surface area contributed by atoms with Gasteiger partial charge in [-0.1, -0.05) is 37.3 Å². The molecule has 1 aliphatic rings. The Labute approximate surface area is 137 Å². The van der Waals surface area contributed by atoms with Crippen LogP contribution in [0.2, 0.25) is 0 Å². The first kappa shape index (κ1) is 17.3. The summed E-state index contributed by atoms with van der Waals surface area (Å²) in [5.41, 5.74) is 0.694. The maximum absolute atomic E-state index is 12.2. The van der Waals surface area contributed by atoms with Crippen molar-refractivity contribution in [3.05, 3.63) is 35.9 Å². The van der Waals surface area contributed by atoms with Crippen molar-refractivity contribution in [1.82, 2.24) is 5.32 Å². The van der Waals surface area contributed by atoms with E-state index >= 15 is 0 Å². The van der Waals surface area contributed by atoms with Gasteiger partial charge in [0.15, 0.2) is 9.84 Å². The van der Waals surface area contributed by atoms with Gasteiger partial charge < -0.3 is 5.32 Å². The summed E-state index contributed by atoms with van der Waals surface area (Å²) in [5, 5.41) is 3.15. The zero-order valence-electron chi connectivity index (χ0n) is 13.0. The first-order valence-corrected chi connectivity index (χ1v) is 10.4. The highest BCUT2D eigenvalue weighted by Crippen LogP contribution is 2.26. The molecule has 0 unspecified atom stereocenters. The van der Waals surface area contributed by atoms with Gasteiger partial charge in [-0.25, -0.2) is 8.42 Å². The molecule has 2 atom stereocenters. The van der Waals surface area contributed by atoms with Gasteiger partial charge in [0.25, 0.3) is 0 Å². The summed E-state index contributed by atoms with van der Waals surface area (Å²) in [6, 6.07) is 9.92. The summed E-state index contributed by atoms with van der Waals surface area (Å²) in [6.07, 6.45) is 1.45. The summed E-state index contributed by atoms with van der Waals surface area (Å²) >= 11 is 1.45. The quantitative estimate of drug-likeness (QED) is 0.863. The molecule has 0 aliphatic carbocycles. The number of sulfone groups is 1. The van der Waals surface area contributed by atoms with Gasteiger partial charge in [-0.05, 0) is 25.3 Å². The Bertz CT molecular complexity index is 616. The molecule has 2 rings (SSSR count). The summed E-state index contributed by atoms with van der Waals surface area (Å²) in [6.45, 7) is 4.06. The highest BCUT2D eigenvalue weighted by Gasteiger charge is 2.30. The lowest BCUT2D eigenvalue weighted by Gasteiger charge is -2.30. The maximum Gasteiger partial charge on any atom is 0.230 e. The van der Waals surface area contributed by atoms with Gasteiger partial charge in [0.2, 0.25) is 5.91 Å². The van der Waals surface area contributed by atoms with E-state index in [4.69, 9.17) is 0 Å². The highest BCUT2D eigenvalue weighted by molar-refractivity contribution is 8.02. The van der Waals surface area contributed by atoms with Crippen LogP contribution >= 0.6 is 11.8 Å². The third-order valence-electron chi connectivity index (χ3n) is 4.17. The molecule has 1 fully saturated rings. The van der Waals surface area contributed by atoms with E-state index in [1.165, 1.54) is 11.8 Å². The van der Waals surface area contributed by atoms with Crippen molar-refractivity contribution in [2.24, 2.45) is 0 Å². The van der Waals surface area contributed by atoms with E-state index < -0.39 is 9.84 Å². The number of nitrogens with one attached hydrogen (secondary N) is 1. The molecule has 0 spiro atoms. The van der Waals surface area contributed by atoms with E-state index in [2.05, 4.69) is 5.32 Å². The Morgan fingerprint density at radius 3 is 2.59 bits per heavy atom. The van der Waals surface area contributed by atoms with Crippen LogP contribution in [0.5, 0.6) is 0 Å². The van der Waals surface area contributed by atoms with Gasteiger partial charge in [-0.15, -0.1) is 11.8 Å². The Kier molecular flexibility index (Phi) is 5.55. The van der Waals surface area contributed by atoms with Crippen molar-refractivity contribution in [2.75, 3.05) is 17.3 Å². The largest absolute Gasteiger partial charge is 0.346 e. The van der Waals surface area contributed by atoms with Crippen LogP contribution in [0.25, 0.3) is 0 Å². The third-order valence-corrected chi connectivity index (χ3v) is 7.46. The lowest BCUT2D eigenvalue weighted by molar-refractivity contribution is -0.120. The SMILES string of the molecule is CC[C@@](C)(NC(=O)CS[C@H]1CCS(=O)(=O)C1)c1ccccc1. The molecule has 1 heterocycles. The van der Waals surface area contributed by atoms with Crippen LogP contribution in [0.3, 0.4) is 0 Å². The van der Waals surface area contributed by atoms with Crippen LogP contribution in [-0.4, -0.2) is 36.8 Å². The first-order valence-electron chi connectivity index (χ1n) is 7.53. The number of carbonyl (C=O) groups is 1. The monoisotopic (exact) mass is 341 g/mol. The van der Waals surface area contributed by atoms with E-state index in [0.717, 1.165) is 12.0 Å². The summed E-state index contributed by atoms with van der Waals surface area (Å²) < 4.78 is 22.9. The molecule has 1 aromatic carbocycles. The Morgan fingerprint density at radius 2 is 2.05 bits per heavy atom. The second-order valence-corrected chi connectivity index (χ2v) is 9.45. The van der Waals surface area contributed by atoms with Crippen LogP contribution < -0.4 is 5.32 Å². The van der Waals surface area contributed by atoms with E-state index in [0.29, 0.717) is 12.2 Å². The fraction of sp³-hybridized carbons (Fsp3) is 0.562. The molecule has 1 saturated heterocycles. The average molecular weight is 341 g/mol. The molecule has 22 heavy (non-hydrogen) atoms. The van der Waals surface area contributed by atoms with Crippen molar-refractivity contribution in [1.29, 1.82) is 0 Å². The van der Waals surface area contributed by atoms with Crippen LogP contribution in [0.15, 0.2) is 30.3 Å². The van der Waals surface area contributed by atoms with Gasteiger partial charge in [-0.3, -0.25) is 4.79 Å². The van der Waals surface area contributed by atoms with Gasteiger partial charge in [0.1, 0.15) is 0 Å². The standard InChI is InChI=1S/C16H23NO3S2/c1-3-16(2,13-7-5-4-6-8-13)17-15(18)11-21-14-9-10-22(19,20)12-14/h4-8,14H,3,9-12H2,1-2H3,(H,17,18)/t14-,16+/m0/s1. The Balaban J connectivity index is 1.90. The molecule has 1 aromatic rings. The smallest absolute Gasteiger partial charge is 0.230 e. The Morgan fingerprint density at radius 1 is 1.36 bits per heavy atom. The fourth-order valence-electron chi connectivity index (χ4n) is 2.60. The molecular weight excluding hydrogens is 318 g/mol. The lowest BCUT2D eigenvalue weighted by atomic mass is 9.89. The average Bonchev–Trinajstić information content (AvgIpc) is 2.85. The van der Waals surface area contributed by atoms with Gasteiger partial charge in [0, 0.05) is 5.25 Å². The topological polar surface area (TPSA) is 63.2 Å². The number of amides is 1. The second-order valence-electron chi connectivity index (χ2n) is 5.94. The molecule has 122 valence electrons. The molecule has 4 nitrogen and oxygen atoms in total. The van der Waals surface area contributed by atoms with Gasteiger partial charge >= 0.3 is 0 Å². The van der Waals surface area contributed by atoms with Crippen molar-refractivity contribution in [3.8, 4) is 0 Å². The van der Waals surface area contributed by atoms with Crippen LogP contribution in [0, 0.1) is 0 Å². The summed E-state index contributed by atoms with van der Waals surface area (Å²) in [5.74, 6) is 0.725. The molecule has 1 aliphatic heterocycles. The summed E-state index contributed by atoms with van der Waals surface area (Å²) in [7, 11) is -2.88. The maximum atomic E-state index is 12.2. The van der Waals surface area contributed by atoms with Crippen molar-refractivity contribution >= 4 is 27.5 Å². The van der Waals surface area contributed by atoms with E-state index in [1.54, 1.807) is 0 Å². The first-order chi connectivity index (χ1) is 10.3. The van der Waals surface area contributed by atoms with Crippen LogP contribution in [0.4, 0.5) is 0 Å². The second kappa shape index (κ2) is 7.04. The van der Waals surface area contributed by atoms with Crippen molar-refractivity contribution in [2.45, 2.75) is 37.5 Å². The zero-order chi connectivity index (χ0) is 16.2. The third kappa shape index (κ3) is 4.49. The van der Waals surface area contributed by atoms with Crippen molar-refractivity contribution in [3.63, 3.8) is 0 Å². The zero-order valence-corrected chi connectivity index (χ0v) is 14.7. The van der Waals surface area contributed by atoms with E-state index in [-0.39, 0.29) is 28.2 Å². The number of hydrogen-bond acceptors (Lipinski definition) is 4. The molecule has 0 saturated carbocycles. The Hall–Kier alpha value is -1.01. The van der Waals surface area contributed by atoms with Crippen LogP contribution in [0.1, 0.15) is 32.3 Å². The van der Waals surface area contributed by atoms with E-state index in [1.807, 2.05) is 44.2 Å². The highest BCUT2D eigenvalue weighted by atomic mass is 32.2. The normalized spacial score (nSPS) is 22.9. The minimum atomic E-state index is -2.88. The summed E-state index contributed by atoms with van der Waals surface area (Å²) in [4.78, 5) is 12.2. The van der Waals surface area contributed by atoms with Crippen LogP contribution in [-0.2, 0) is 20.2 Å². The van der Waals surface area contributed by atoms with Gasteiger partial charge in [-0.2, -0.15) is 0 Å². The lowest BCUT2D eigenvalue weighted by Crippen LogP contribution is -2.44. The molecule has 6 heteroatoms. The number of thioether (sulfide) groups is 1. The molecule has 1 amide bonds. The molecule has 0 aromatic heterocycles. The van der Waals surface area contributed by atoms with E-state index in [9.17, 15) is 13.2 Å². The fourth-order valence-corrected chi connectivity index (χ4v) is 6.04. The predicted molar refractivity (Wildman–Crippen MR) is 91.7 cm³/mol. The van der Waals surface area contributed by atoms with Gasteiger partial charge in [0.05, 0.1) is 22.8 Å².